The van der Waals surface area contributed by atoms with Crippen molar-refractivity contribution >= 4 is 26.7 Å². The molecule has 0 saturated heterocycles. The van der Waals surface area contributed by atoms with E-state index in [9.17, 15) is 13.2 Å². The molecule has 5 nitrogen and oxygen atoms in total. The Balaban J connectivity index is 1.32. The van der Waals surface area contributed by atoms with Gasteiger partial charge >= 0.3 is 0 Å². The van der Waals surface area contributed by atoms with Gasteiger partial charge in [0.1, 0.15) is 5.78 Å². The Labute approximate surface area is 237 Å². The number of carbonyl (C=O) groups excluding carboxylic acids is 1. The minimum Gasteiger partial charge on any atom is -0.299 e. The number of nitrogens with zero attached hydrogens (tertiary/aromatic N) is 2. The quantitative estimate of drug-likeness (QED) is 0.226. The van der Waals surface area contributed by atoms with Crippen molar-refractivity contribution in [3.05, 3.63) is 108 Å². The number of aromatic nitrogens is 1. The highest BCUT2D eigenvalue weighted by Crippen LogP contribution is 2.64. The van der Waals surface area contributed by atoms with Crippen LogP contribution < -0.4 is 0 Å². The van der Waals surface area contributed by atoms with E-state index in [1.54, 1.807) is 3.97 Å². The van der Waals surface area contributed by atoms with Crippen LogP contribution in [0.2, 0.25) is 0 Å². The number of rotatable bonds is 10. The van der Waals surface area contributed by atoms with E-state index in [4.69, 9.17) is 0 Å². The van der Waals surface area contributed by atoms with E-state index in [0.29, 0.717) is 31.3 Å². The molecule has 0 spiro atoms. The van der Waals surface area contributed by atoms with Crippen molar-refractivity contribution in [1.82, 2.24) is 8.87 Å². The Morgan fingerprint density at radius 3 is 2.05 bits per heavy atom. The van der Waals surface area contributed by atoms with Crippen molar-refractivity contribution in [2.75, 3.05) is 12.3 Å². The molecule has 0 radical (unpaired) electrons. The van der Waals surface area contributed by atoms with Crippen LogP contribution in [0.1, 0.15) is 49.9 Å². The molecule has 2 saturated carbocycles. The lowest BCUT2D eigenvalue weighted by molar-refractivity contribution is -0.128. The largest absolute Gasteiger partial charge is 0.299 e. The van der Waals surface area contributed by atoms with Gasteiger partial charge in [0.15, 0.2) is 0 Å². The summed E-state index contributed by atoms with van der Waals surface area (Å²) in [6, 6.07) is 30.5. The fourth-order valence-corrected chi connectivity index (χ4v) is 9.74. The summed E-state index contributed by atoms with van der Waals surface area (Å²) < 4.78 is 30.2. The molecule has 6 rings (SSSR count). The summed E-state index contributed by atoms with van der Waals surface area (Å²) in [7, 11) is -3.79. The third-order valence-corrected chi connectivity index (χ3v) is 11.6. The molecule has 2 fully saturated rings. The van der Waals surface area contributed by atoms with Crippen LogP contribution in [-0.4, -0.2) is 35.4 Å². The maximum Gasteiger partial charge on any atom is 0.240 e. The van der Waals surface area contributed by atoms with Crippen LogP contribution in [0.4, 0.5) is 0 Å². The van der Waals surface area contributed by atoms with E-state index in [1.807, 2.05) is 42.5 Å². The maximum absolute atomic E-state index is 14.3. The number of Topliss-reactive ketones (excluding diaryl/α,β-unsaturated/α-hetero) is 1. The van der Waals surface area contributed by atoms with Crippen LogP contribution in [-0.2, 0) is 34.3 Å². The first-order valence-corrected chi connectivity index (χ1v) is 16.0. The fourth-order valence-electron chi connectivity index (χ4n) is 7.34. The molecule has 0 amide bonds. The third kappa shape index (κ3) is 4.71. The summed E-state index contributed by atoms with van der Waals surface area (Å²) >= 11 is 0. The molecule has 0 aliphatic heterocycles. The predicted molar refractivity (Wildman–Crippen MR) is 160 cm³/mol. The number of fused-ring (bicyclic) bond motifs is 3. The molecule has 2 aliphatic carbocycles. The molecule has 2 bridgehead atoms. The van der Waals surface area contributed by atoms with E-state index >= 15 is 0 Å². The number of ketones is 1. The first-order chi connectivity index (χ1) is 19.2. The summed E-state index contributed by atoms with van der Waals surface area (Å²) in [5, 5.41) is 0.914. The van der Waals surface area contributed by atoms with Gasteiger partial charge in [-0.3, -0.25) is 9.69 Å². The lowest BCUT2D eigenvalue weighted by Gasteiger charge is -2.36. The third-order valence-electron chi connectivity index (χ3n) is 9.77. The van der Waals surface area contributed by atoms with Gasteiger partial charge in [0, 0.05) is 43.6 Å². The van der Waals surface area contributed by atoms with Gasteiger partial charge in [-0.15, -0.1) is 0 Å². The first kappa shape index (κ1) is 27.0. The smallest absolute Gasteiger partial charge is 0.240 e. The molecule has 2 unspecified atom stereocenters. The van der Waals surface area contributed by atoms with Crippen LogP contribution in [0.15, 0.2) is 91.0 Å². The van der Waals surface area contributed by atoms with Gasteiger partial charge in [-0.2, -0.15) is 0 Å². The lowest BCUT2D eigenvalue weighted by atomic mass is 9.70. The molecular weight excluding hydrogens is 516 g/mol. The topological polar surface area (TPSA) is 59.4 Å². The molecule has 2 atom stereocenters. The number of carbonyl (C=O) groups is 1. The molecule has 40 heavy (non-hydrogen) atoms. The average Bonchev–Trinajstić information content (AvgIpc) is 3.49. The van der Waals surface area contributed by atoms with Crippen LogP contribution in [0.3, 0.4) is 0 Å². The average molecular weight is 555 g/mol. The highest BCUT2D eigenvalue weighted by molar-refractivity contribution is 7.90. The van der Waals surface area contributed by atoms with Crippen LogP contribution in [0.25, 0.3) is 10.9 Å². The molecule has 0 N–H and O–H groups in total. The molecule has 6 heteroatoms. The predicted octanol–water partition coefficient (Wildman–Crippen LogP) is 6.46. The first-order valence-electron chi connectivity index (χ1n) is 14.4. The summed E-state index contributed by atoms with van der Waals surface area (Å²) in [6.07, 6.45) is 2.69. The van der Waals surface area contributed by atoms with Gasteiger partial charge in [0.05, 0.1) is 16.7 Å². The second-order valence-electron chi connectivity index (χ2n) is 12.3. The number of hydrogen-bond acceptors (Lipinski definition) is 4. The molecular formula is C34H38N2O3S. The van der Waals surface area contributed by atoms with Gasteiger partial charge in [-0.05, 0) is 47.4 Å². The molecule has 4 aromatic rings. The second-order valence-corrected chi connectivity index (χ2v) is 14.1. The van der Waals surface area contributed by atoms with E-state index < -0.39 is 15.4 Å². The Hall–Kier alpha value is -3.22. The fraction of sp³-hybridized carbons (Fsp3) is 0.382. The summed E-state index contributed by atoms with van der Waals surface area (Å²) in [6.45, 7) is 6.45. The van der Waals surface area contributed by atoms with Gasteiger partial charge in [0.2, 0.25) is 10.0 Å². The minimum atomic E-state index is -3.79. The van der Waals surface area contributed by atoms with Crippen molar-refractivity contribution in [2.24, 2.45) is 16.7 Å². The van der Waals surface area contributed by atoms with Crippen molar-refractivity contribution in [2.45, 2.75) is 52.6 Å². The summed E-state index contributed by atoms with van der Waals surface area (Å²) in [4.78, 5) is 15.6. The van der Waals surface area contributed by atoms with E-state index in [0.717, 1.165) is 30.6 Å². The molecule has 2 aliphatic rings. The normalized spacial score (nSPS) is 22.0. The van der Waals surface area contributed by atoms with Crippen LogP contribution in [0, 0.1) is 16.7 Å². The molecule has 208 valence electrons. The van der Waals surface area contributed by atoms with Gasteiger partial charge < -0.3 is 0 Å². The van der Waals surface area contributed by atoms with Crippen molar-refractivity contribution < 1.29 is 13.2 Å². The van der Waals surface area contributed by atoms with E-state index in [2.05, 4.69) is 67.3 Å². The molecule has 1 aromatic heterocycles. The van der Waals surface area contributed by atoms with Crippen molar-refractivity contribution in [1.29, 1.82) is 0 Å². The number of hydrogen-bond donors (Lipinski definition) is 0. The highest BCUT2D eigenvalue weighted by atomic mass is 32.2. The lowest BCUT2D eigenvalue weighted by Crippen LogP contribution is -2.43. The van der Waals surface area contributed by atoms with E-state index in [-0.39, 0.29) is 22.9 Å². The minimum absolute atomic E-state index is 0.119. The Morgan fingerprint density at radius 2 is 1.48 bits per heavy atom. The Bertz CT molecular complexity index is 1580. The van der Waals surface area contributed by atoms with Gasteiger partial charge in [-0.25, -0.2) is 12.4 Å². The van der Waals surface area contributed by atoms with Crippen molar-refractivity contribution in [3.63, 3.8) is 0 Å². The SMILES string of the molecule is CC1(C)C2CCC1(CS(=O)(=O)n1c(CCN(Cc3ccccc3)Cc3ccccc3)cc3ccccc31)C(=O)C2. The molecule has 1 heterocycles. The summed E-state index contributed by atoms with van der Waals surface area (Å²) in [5.41, 5.74) is 2.83. The Kier molecular flexibility index (Phi) is 6.96. The van der Waals surface area contributed by atoms with Gasteiger partial charge in [0.25, 0.3) is 0 Å². The van der Waals surface area contributed by atoms with E-state index in [1.165, 1.54) is 11.1 Å². The van der Waals surface area contributed by atoms with Crippen LogP contribution >= 0.6 is 0 Å². The molecule has 3 aromatic carbocycles. The number of benzene rings is 3. The second kappa shape index (κ2) is 10.3. The zero-order valence-corrected chi connectivity index (χ0v) is 24.2. The zero-order chi connectivity index (χ0) is 28.0. The summed E-state index contributed by atoms with van der Waals surface area (Å²) in [5.74, 6) is 0.291. The zero-order valence-electron chi connectivity index (χ0n) is 23.4. The van der Waals surface area contributed by atoms with Crippen LogP contribution in [0.5, 0.6) is 0 Å². The maximum atomic E-state index is 14.3. The Morgan fingerprint density at radius 1 is 0.875 bits per heavy atom. The van der Waals surface area contributed by atoms with Gasteiger partial charge in [-0.1, -0.05) is 92.7 Å². The number of para-hydroxylation sites is 1. The monoisotopic (exact) mass is 554 g/mol. The van der Waals surface area contributed by atoms with Crippen molar-refractivity contribution in [3.8, 4) is 0 Å². The highest BCUT2D eigenvalue weighted by Gasteiger charge is 2.65. The standard InChI is InChI=1S/C34H38N2O3S/c1-33(2)29-17-19-34(33,32(37)22-29)25-40(38,39)36-30(21-28-15-9-10-16-31(28)36)18-20-35(23-26-11-5-3-6-12-26)24-27-13-7-4-8-14-27/h3-16,21,29H,17-20,22-25H2,1-2H3.